The van der Waals surface area contributed by atoms with Crippen LogP contribution in [0.3, 0.4) is 0 Å². The van der Waals surface area contributed by atoms with Crippen LogP contribution in [0.2, 0.25) is 0 Å². The van der Waals surface area contributed by atoms with Crippen LogP contribution in [0.15, 0.2) is 23.3 Å². The molecule has 164 valence electrons. The molecule has 4 rings (SSSR count). The van der Waals surface area contributed by atoms with E-state index >= 15 is 0 Å². The molecule has 0 aromatic rings. The molecule has 0 aliphatic heterocycles. The van der Waals surface area contributed by atoms with Gasteiger partial charge in [0, 0.05) is 7.11 Å². The summed E-state index contributed by atoms with van der Waals surface area (Å²) < 4.78 is 5.73. The van der Waals surface area contributed by atoms with Crippen molar-refractivity contribution in [2.24, 2.45) is 40.4 Å². The number of hydrogen-bond acceptors (Lipinski definition) is 1. The fourth-order valence-corrected chi connectivity index (χ4v) is 8.19. The summed E-state index contributed by atoms with van der Waals surface area (Å²) in [5.74, 6) is 4.32. The quantitative estimate of drug-likeness (QED) is 0.441. The molecular weight excluding hydrogens is 352 g/mol. The maximum atomic E-state index is 5.73. The van der Waals surface area contributed by atoms with E-state index in [4.69, 9.17) is 4.74 Å². The first-order valence-electron chi connectivity index (χ1n) is 12.7. The van der Waals surface area contributed by atoms with Crippen molar-refractivity contribution in [3.63, 3.8) is 0 Å². The summed E-state index contributed by atoms with van der Waals surface area (Å²) in [7, 11) is 1.89. The Kier molecular flexibility index (Phi) is 6.11. The second kappa shape index (κ2) is 8.18. The number of allylic oxidation sites excluding steroid dienone is 3. The molecule has 4 aliphatic rings. The van der Waals surface area contributed by atoms with Gasteiger partial charge in [0.15, 0.2) is 0 Å². The first-order valence-corrected chi connectivity index (χ1v) is 12.7. The summed E-state index contributed by atoms with van der Waals surface area (Å²) in [6.45, 7) is 12.6. The Hall–Kier alpha value is -0.560. The molecule has 0 saturated heterocycles. The molecule has 7 atom stereocenters. The van der Waals surface area contributed by atoms with Crippen molar-refractivity contribution in [3.8, 4) is 0 Å². The topological polar surface area (TPSA) is 9.23 Å². The van der Waals surface area contributed by atoms with E-state index in [-0.39, 0.29) is 0 Å². The van der Waals surface area contributed by atoms with Gasteiger partial charge in [0.1, 0.15) is 0 Å². The average Bonchev–Trinajstić information content (AvgIpc) is 3.04. The lowest BCUT2D eigenvalue weighted by Crippen LogP contribution is -2.46. The first kappa shape index (κ1) is 21.7. The molecule has 0 heterocycles. The Balaban J connectivity index is 1.52. The van der Waals surface area contributed by atoms with E-state index in [1.165, 1.54) is 57.8 Å². The van der Waals surface area contributed by atoms with Crippen LogP contribution in [0, 0.1) is 40.4 Å². The van der Waals surface area contributed by atoms with E-state index in [2.05, 4.69) is 46.8 Å². The summed E-state index contributed by atoms with van der Waals surface area (Å²) in [6, 6.07) is 0. The van der Waals surface area contributed by atoms with Crippen molar-refractivity contribution in [1.82, 2.24) is 0 Å². The van der Waals surface area contributed by atoms with Crippen molar-refractivity contribution >= 4 is 0 Å². The highest BCUT2D eigenvalue weighted by molar-refractivity contribution is 5.38. The van der Waals surface area contributed by atoms with Crippen LogP contribution >= 0.6 is 0 Å². The zero-order valence-electron chi connectivity index (χ0n) is 20.1. The molecule has 0 bridgehead atoms. The Labute approximate surface area is 180 Å². The highest BCUT2D eigenvalue weighted by atomic mass is 16.5. The van der Waals surface area contributed by atoms with Crippen LogP contribution in [0.25, 0.3) is 0 Å². The summed E-state index contributed by atoms with van der Waals surface area (Å²) in [4.78, 5) is 0. The number of rotatable bonds is 6. The van der Waals surface area contributed by atoms with Crippen molar-refractivity contribution in [1.29, 1.82) is 0 Å². The maximum Gasteiger partial charge on any atom is 0.0609 e. The van der Waals surface area contributed by atoms with E-state index in [0.717, 1.165) is 36.0 Å². The number of hydrogen-bond donors (Lipinski definition) is 0. The SMILES string of the molecule is COC1CC[C@@]2(C)C(=CC=C3[C@@H]4CC[C@H]([C@H](C)CCCC(C)C)[C@@]4(C)CC[C@@H]32)C1. The Bertz CT molecular complexity index is 657. The fraction of sp³-hybridized carbons (Fsp3) is 0.857. The van der Waals surface area contributed by atoms with Crippen molar-refractivity contribution in [2.75, 3.05) is 7.11 Å². The van der Waals surface area contributed by atoms with Crippen LogP contribution in [0.5, 0.6) is 0 Å². The van der Waals surface area contributed by atoms with Crippen LogP contribution in [-0.2, 0) is 4.74 Å². The van der Waals surface area contributed by atoms with Crippen LogP contribution in [0.1, 0.15) is 98.8 Å². The van der Waals surface area contributed by atoms with Crippen molar-refractivity contribution in [3.05, 3.63) is 23.3 Å². The number of ether oxygens (including phenoxy) is 1. The van der Waals surface area contributed by atoms with Gasteiger partial charge in [-0.15, -0.1) is 0 Å². The normalized spacial score (nSPS) is 42.6. The molecule has 0 amide bonds. The molecule has 1 unspecified atom stereocenters. The Morgan fingerprint density at radius 2 is 1.76 bits per heavy atom. The van der Waals surface area contributed by atoms with Gasteiger partial charge in [0.2, 0.25) is 0 Å². The second-order valence-corrected chi connectivity index (χ2v) is 12.0. The van der Waals surface area contributed by atoms with Gasteiger partial charge in [-0.1, -0.05) is 77.2 Å². The molecule has 0 radical (unpaired) electrons. The second-order valence-electron chi connectivity index (χ2n) is 12.0. The van der Waals surface area contributed by atoms with E-state index in [1.54, 1.807) is 5.57 Å². The first-order chi connectivity index (χ1) is 13.8. The van der Waals surface area contributed by atoms with E-state index < -0.39 is 0 Å². The lowest BCUT2D eigenvalue weighted by molar-refractivity contribution is 0.0194. The van der Waals surface area contributed by atoms with E-state index in [0.29, 0.717) is 16.9 Å². The minimum Gasteiger partial charge on any atom is -0.381 e. The highest BCUT2D eigenvalue weighted by Crippen LogP contribution is 2.66. The molecule has 3 saturated carbocycles. The van der Waals surface area contributed by atoms with Crippen LogP contribution in [-0.4, -0.2) is 13.2 Å². The number of methoxy groups -OCH3 is 1. The standard InChI is InChI=1S/C28H46O/c1-19(2)8-7-9-20(3)24-12-13-25-23-11-10-21-18-22(29-6)14-16-27(21,4)26(23)15-17-28(24,25)5/h10-11,19-20,22,24-26H,7-9,12-18H2,1-6H3/t20-,22?,24-,25+,26+,27+,28-/m1/s1. The monoisotopic (exact) mass is 398 g/mol. The lowest BCUT2D eigenvalue weighted by Gasteiger charge is -2.55. The third-order valence-electron chi connectivity index (χ3n) is 10.1. The van der Waals surface area contributed by atoms with Gasteiger partial charge in [-0.25, -0.2) is 0 Å². The molecule has 0 aromatic heterocycles. The van der Waals surface area contributed by atoms with E-state index in [1.807, 2.05) is 12.7 Å². The molecule has 0 N–H and O–H groups in total. The predicted octanol–water partition coefficient (Wildman–Crippen LogP) is 7.96. The fourth-order valence-electron chi connectivity index (χ4n) is 8.19. The zero-order valence-corrected chi connectivity index (χ0v) is 20.1. The summed E-state index contributed by atoms with van der Waals surface area (Å²) in [6.07, 6.45) is 19.3. The molecule has 4 aliphatic carbocycles. The summed E-state index contributed by atoms with van der Waals surface area (Å²) >= 11 is 0. The van der Waals surface area contributed by atoms with Gasteiger partial charge < -0.3 is 4.74 Å². The minimum absolute atomic E-state index is 0.404. The summed E-state index contributed by atoms with van der Waals surface area (Å²) in [5, 5.41) is 0. The molecule has 0 spiro atoms. The van der Waals surface area contributed by atoms with Gasteiger partial charge in [0.05, 0.1) is 6.10 Å². The van der Waals surface area contributed by atoms with Gasteiger partial charge in [-0.2, -0.15) is 0 Å². The van der Waals surface area contributed by atoms with Crippen LogP contribution in [0.4, 0.5) is 0 Å². The van der Waals surface area contributed by atoms with Gasteiger partial charge in [0.25, 0.3) is 0 Å². The number of fused-ring (bicyclic) bond motifs is 5. The van der Waals surface area contributed by atoms with Crippen molar-refractivity contribution < 1.29 is 4.74 Å². The maximum absolute atomic E-state index is 5.73. The predicted molar refractivity (Wildman–Crippen MR) is 124 cm³/mol. The molecule has 3 fully saturated rings. The average molecular weight is 399 g/mol. The molecule has 1 heteroatoms. The molecule has 1 nitrogen and oxygen atoms in total. The van der Waals surface area contributed by atoms with Gasteiger partial charge in [-0.3, -0.25) is 0 Å². The van der Waals surface area contributed by atoms with Crippen molar-refractivity contribution in [2.45, 2.75) is 105 Å². The minimum atomic E-state index is 0.404. The molecule has 0 aromatic carbocycles. The van der Waals surface area contributed by atoms with E-state index in [9.17, 15) is 0 Å². The Morgan fingerprint density at radius 3 is 2.48 bits per heavy atom. The smallest absolute Gasteiger partial charge is 0.0609 e. The largest absolute Gasteiger partial charge is 0.381 e. The Morgan fingerprint density at radius 1 is 0.966 bits per heavy atom. The lowest BCUT2D eigenvalue weighted by atomic mass is 9.50. The van der Waals surface area contributed by atoms with Crippen LogP contribution < -0.4 is 0 Å². The molecular formula is C28H46O. The third-order valence-corrected chi connectivity index (χ3v) is 10.1. The summed E-state index contributed by atoms with van der Waals surface area (Å²) in [5.41, 5.74) is 4.48. The van der Waals surface area contributed by atoms with Gasteiger partial charge in [-0.05, 0) is 85.4 Å². The third kappa shape index (κ3) is 3.68. The molecule has 29 heavy (non-hydrogen) atoms. The highest BCUT2D eigenvalue weighted by Gasteiger charge is 2.56. The van der Waals surface area contributed by atoms with Gasteiger partial charge >= 0.3 is 0 Å². The zero-order chi connectivity index (χ0) is 20.8.